The highest BCUT2D eigenvalue weighted by Crippen LogP contribution is 2.36. The van der Waals surface area contributed by atoms with Crippen LogP contribution in [0.3, 0.4) is 0 Å². The van der Waals surface area contributed by atoms with Crippen molar-refractivity contribution in [2.45, 2.75) is 50.4 Å². The van der Waals surface area contributed by atoms with Crippen LogP contribution in [-0.4, -0.2) is 22.6 Å². The molecule has 0 spiro atoms. The molecular weight excluding hydrogens is 246 g/mol. The van der Waals surface area contributed by atoms with Crippen molar-refractivity contribution in [1.29, 1.82) is 0 Å². The van der Waals surface area contributed by atoms with Gasteiger partial charge in [-0.05, 0) is 31.6 Å². The van der Waals surface area contributed by atoms with E-state index in [4.69, 9.17) is 11.6 Å². The number of hydrogen-bond donors (Lipinski definition) is 0. The molecule has 0 radical (unpaired) electrons. The highest BCUT2D eigenvalue weighted by Gasteiger charge is 2.34. The Labute approximate surface area is 114 Å². The van der Waals surface area contributed by atoms with E-state index in [9.17, 15) is 0 Å². The molecule has 4 heteroatoms. The lowest BCUT2D eigenvalue weighted by molar-refractivity contribution is 0.241. The Morgan fingerprint density at radius 3 is 2.61 bits per heavy atom. The normalized spacial score (nSPS) is 27.9. The van der Waals surface area contributed by atoms with Crippen LogP contribution in [0.4, 0.5) is 5.95 Å². The van der Waals surface area contributed by atoms with Gasteiger partial charge in [0.15, 0.2) is 0 Å². The quantitative estimate of drug-likeness (QED) is 0.768. The number of anilines is 1. The van der Waals surface area contributed by atoms with E-state index in [2.05, 4.69) is 14.9 Å². The van der Waals surface area contributed by atoms with Gasteiger partial charge in [-0.25, -0.2) is 9.97 Å². The minimum atomic E-state index is 0.492. The largest absolute Gasteiger partial charge is 0.338 e. The number of alkyl halides is 1. The smallest absolute Gasteiger partial charge is 0.225 e. The van der Waals surface area contributed by atoms with Crippen molar-refractivity contribution in [3.05, 3.63) is 18.0 Å². The fourth-order valence-corrected chi connectivity index (χ4v) is 3.58. The molecule has 1 saturated carbocycles. The maximum Gasteiger partial charge on any atom is 0.225 e. The number of rotatable bonds is 2. The summed E-state index contributed by atoms with van der Waals surface area (Å²) in [5, 5.41) is 0. The monoisotopic (exact) mass is 265 g/mol. The Kier molecular flexibility index (Phi) is 3.69. The second-order valence-electron chi connectivity index (χ2n) is 5.47. The Morgan fingerprint density at radius 1 is 1.11 bits per heavy atom. The van der Waals surface area contributed by atoms with Crippen LogP contribution in [-0.2, 0) is 5.88 Å². The average Bonchev–Trinajstić information content (AvgIpc) is 2.47. The zero-order valence-corrected chi connectivity index (χ0v) is 11.4. The van der Waals surface area contributed by atoms with Crippen molar-refractivity contribution < 1.29 is 0 Å². The first-order valence-electron chi connectivity index (χ1n) is 7.02. The highest BCUT2D eigenvalue weighted by molar-refractivity contribution is 6.17. The van der Waals surface area contributed by atoms with E-state index in [-0.39, 0.29) is 0 Å². The molecular formula is C14H20ClN3. The maximum atomic E-state index is 5.78. The van der Waals surface area contributed by atoms with E-state index in [1.807, 2.05) is 12.4 Å². The average molecular weight is 266 g/mol. The summed E-state index contributed by atoms with van der Waals surface area (Å²) in [6.45, 7) is 1.11. The number of piperidine rings is 1. The fourth-order valence-electron chi connectivity index (χ4n) is 3.44. The number of fused-ring (bicyclic) bond motifs is 1. The van der Waals surface area contributed by atoms with E-state index in [1.165, 1.54) is 38.5 Å². The van der Waals surface area contributed by atoms with Crippen LogP contribution in [0.1, 0.15) is 44.1 Å². The second-order valence-corrected chi connectivity index (χ2v) is 5.74. The minimum Gasteiger partial charge on any atom is -0.338 e. The Bertz CT molecular complexity index is 391. The van der Waals surface area contributed by atoms with Crippen LogP contribution < -0.4 is 4.90 Å². The van der Waals surface area contributed by atoms with Crippen LogP contribution in [0.2, 0.25) is 0 Å². The summed E-state index contributed by atoms with van der Waals surface area (Å²) in [5.74, 6) is 2.26. The van der Waals surface area contributed by atoms with Crippen molar-refractivity contribution in [1.82, 2.24) is 9.97 Å². The first-order chi connectivity index (χ1) is 8.88. The zero-order valence-electron chi connectivity index (χ0n) is 10.7. The molecule has 1 aliphatic carbocycles. The van der Waals surface area contributed by atoms with Gasteiger partial charge >= 0.3 is 0 Å². The Hall–Kier alpha value is -0.830. The molecule has 3 nitrogen and oxygen atoms in total. The van der Waals surface area contributed by atoms with E-state index < -0.39 is 0 Å². The predicted octanol–water partition coefficient (Wildman–Crippen LogP) is 3.37. The third-order valence-electron chi connectivity index (χ3n) is 4.35. The van der Waals surface area contributed by atoms with Gasteiger partial charge in [-0.15, -0.1) is 11.6 Å². The first kappa shape index (κ1) is 12.2. The summed E-state index contributed by atoms with van der Waals surface area (Å²) in [6, 6.07) is 0.675. The number of hydrogen-bond acceptors (Lipinski definition) is 3. The molecule has 2 atom stereocenters. The van der Waals surface area contributed by atoms with Crippen LogP contribution in [0, 0.1) is 5.92 Å². The standard InChI is InChI=1S/C14H20ClN3/c15-8-11-9-16-14(17-10-11)18-7-3-5-12-4-1-2-6-13(12)18/h9-10,12-13H,1-8H2. The third-order valence-corrected chi connectivity index (χ3v) is 4.65. The van der Waals surface area contributed by atoms with Crippen LogP contribution in [0.15, 0.2) is 12.4 Å². The van der Waals surface area contributed by atoms with Gasteiger partial charge in [0.1, 0.15) is 0 Å². The lowest BCUT2D eigenvalue weighted by atomic mass is 9.78. The molecule has 2 unspecified atom stereocenters. The molecule has 18 heavy (non-hydrogen) atoms. The van der Waals surface area contributed by atoms with Gasteiger partial charge in [-0.3, -0.25) is 0 Å². The number of halogens is 1. The molecule has 0 bridgehead atoms. The molecule has 2 aliphatic rings. The van der Waals surface area contributed by atoms with Gasteiger partial charge in [0.2, 0.25) is 5.95 Å². The second kappa shape index (κ2) is 5.43. The summed E-state index contributed by atoms with van der Waals surface area (Å²) >= 11 is 5.78. The van der Waals surface area contributed by atoms with E-state index in [0.29, 0.717) is 11.9 Å². The van der Waals surface area contributed by atoms with Gasteiger partial charge in [-0.2, -0.15) is 0 Å². The van der Waals surface area contributed by atoms with E-state index in [1.54, 1.807) is 0 Å². The Balaban J connectivity index is 1.80. The molecule has 98 valence electrons. The SMILES string of the molecule is ClCc1cnc(N2CCCC3CCCCC32)nc1. The summed E-state index contributed by atoms with van der Waals surface area (Å²) < 4.78 is 0. The molecule has 2 fully saturated rings. The highest BCUT2D eigenvalue weighted by atomic mass is 35.5. The summed E-state index contributed by atoms with van der Waals surface area (Å²) in [4.78, 5) is 11.4. The summed E-state index contributed by atoms with van der Waals surface area (Å²) in [6.07, 6.45) is 11.9. The lowest BCUT2D eigenvalue weighted by Crippen LogP contribution is -2.47. The van der Waals surface area contributed by atoms with Gasteiger partial charge in [0.25, 0.3) is 0 Å². The molecule has 0 N–H and O–H groups in total. The van der Waals surface area contributed by atoms with Crippen molar-refractivity contribution in [3.8, 4) is 0 Å². The van der Waals surface area contributed by atoms with Crippen molar-refractivity contribution in [2.75, 3.05) is 11.4 Å². The van der Waals surface area contributed by atoms with E-state index in [0.717, 1.165) is 24.0 Å². The molecule has 1 aromatic heterocycles. The number of nitrogens with zero attached hydrogens (tertiary/aromatic N) is 3. The fraction of sp³-hybridized carbons (Fsp3) is 0.714. The van der Waals surface area contributed by atoms with Crippen LogP contribution in [0.5, 0.6) is 0 Å². The van der Waals surface area contributed by atoms with Crippen LogP contribution in [0.25, 0.3) is 0 Å². The summed E-state index contributed by atoms with van der Waals surface area (Å²) in [7, 11) is 0. The van der Waals surface area contributed by atoms with E-state index >= 15 is 0 Å². The predicted molar refractivity (Wildman–Crippen MR) is 73.9 cm³/mol. The molecule has 3 rings (SSSR count). The van der Waals surface area contributed by atoms with Crippen molar-refractivity contribution in [3.63, 3.8) is 0 Å². The third kappa shape index (κ3) is 2.33. The van der Waals surface area contributed by atoms with Crippen LogP contribution >= 0.6 is 11.6 Å². The van der Waals surface area contributed by atoms with Gasteiger partial charge in [0.05, 0.1) is 5.88 Å². The minimum absolute atomic E-state index is 0.492. The molecule has 0 amide bonds. The number of aromatic nitrogens is 2. The topological polar surface area (TPSA) is 29.0 Å². The van der Waals surface area contributed by atoms with Gasteiger partial charge in [0, 0.05) is 30.5 Å². The zero-order chi connectivity index (χ0) is 12.4. The van der Waals surface area contributed by atoms with Crippen molar-refractivity contribution in [2.24, 2.45) is 5.92 Å². The molecule has 1 saturated heterocycles. The maximum absolute atomic E-state index is 5.78. The van der Waals surface area contributed by atoms with Gasteiger partial charge in [-0.1, -0.05) is 12.8 Å². The molecule has 1 aromatic rings. The molecule has 2 heterocycles. The molecule has 0 aromatic carbocycles. The Morgan fingerprint density at radius 2 is 1.83 bits per heavy atom. The van der Waals surface area contributed by atoms with Crippen molar-refractivity contribution >= 4 is 17.5 Å². The first-order valence-corrected chi connectivity index (χ1v) is 7.55. The summed E-state index contributed by atoms with van der Waals surface area (Å²) in [5.41, 5.74) is 0.998. The van der Waals surface area contributed by atoms with Gasteiger partial charge < -0.3 is 4.90 Å². The lowest BCUT2D eigenvalue weighted by Gasteiger charge is -2.44. The molecule has 1 aliphatic heterocycles.